The minimum atomic E-state index is -0.999. The highest BCUT2D eigenvalue weighted by Gasteiger charge is 2.35. The van der Waals surface area contributed by atoms with E-state index in [-0.39, 0.29) is 13.0 Å². The predicted octanol–water partition coefficient (Wildman–Crippen LogP) is -0.982. The second kappa shape index (κ2) is 3.84. The smallest absolute Gasteiger partial charge is 0.302 e. The molecule has 70 valence electrons. The molecule has 1 aliphatic heterocycles. The summed E-state index contributed by atoms with van der Waals surface area (Å²) >= 11 is 0. The molecule has 1 fully saturated rings. The van der Waals surface area contributed by atoms with Gasteiger partial charge >= 0.3 is 5.97 Å². The molecule has 12 heavy (non-hydrogen) atoms. The molecule has 0 spiro atoms. The third-order valence-corrected chi connectivity index (χ3v) is 1.64. The minimum Gasteiger partial charge on any atom is -0.459 e. The first-order valence-corrected chi connectivity index (χ1v) is 3.60. The maximum absolute atomic E-state index is 10.7. The van der Waals surface area contributed by atoms with E-state index in [2.05, 4.69) is 0 Å². The minimum absolute atomic E-state index is 0.150. The van der Waals surface area contributed by atoms with Crippen molar-refractivity contribution < 1.29 is 25.9 Å². The Morgan fingerprint density at radius 2 is 2.67 bits per heavy atom. The maximum Gasteiger partial charge on any atom is 0.302 e. The molecule has 0 aromatic rings. The zero-order valence-electron chi connectivity index (χ0n) is 7.47. The molecule has 0 amide bonds. The van der Waals surface area contributed by atoms with Gasteiger partial charge < -0.3 is 19.7 Å². The van der Waals surface area contributed by atoms with Gasteiger partial charge in [-0.15, -0.1) is 0 Å². The maximum atomic E-state index is 10.7. The largest absolute Gasteiger partial charge is 0.459 e. The van der Waals surface area contributed by atoms with Crippen molar-refractivity contribution in [1.29, 1.82) is 0 Å². The summed E-state index contributed by atoms with van der Waals surface area (Å²) in [6.45, 7) is -0.780. The highest BCUT2D eigenvalue weighted by molar-refractivity contribution is 5.66. The molecule has 0 aromatic carbocycles. The monoisotopic (exact) mass is 177 g/mol. The molecule has 3 atom stereocenters. The van der Waals surface area contributed by atoms with E-state index in [0.29, 0.717) is 0 Å². The van der Waals surface area contributed by atoms with Crippen molar-refractivity contribution in [3.05, 3.63) is 0 Å². The van der Waals surface area contributed by atoms with E-state index in [9.17, 15) is 4.79 Å². The molecule has 1 aliphatic rings. The summed E-state index contributed by atoms with van der Waals surface area (Å²) in [4.78, 5) is 10.7. The Labute approximate surface area is 71.3 Å². The van der Waals surface area contributed by atoms with Crippen molar-refractivity contribution >= 4 is 5.97 Å². The zero-order valence-corrected chi connectivity index (χ0v) is 6.47. The number of esters is 1. The Balaban J connectivity index is 2.43. The molecule has 5 nitrogen and oxygen atoms in total. The van der Waals surface area contributed by atoms with Gasteiger partial charge in [0.05, 0.1) is 6.61 Å². The molecule has 0 saturated carbocycles. The van der Waals surface area contributed by atoms with E-state index in [0.717, 1.165) is 0 Å². The summed E-state index contributed by atoms with van der Waals surface area (Å²) in [6, 6.07) is 0. The number of carbonyl (C=O) groups is 1. The Morgan fingerprint density at radius 1 is 1.92 bits per heavy atom. The molecule has 0 radical (unpaired) electrons. The SMILES string of the molecule is [2H]CC(=O)O[C@H]1CC(O)O[C@@H]1CO. The Morgan fingerprint density at radius 3 is 3.25 bits per heavy atom. The fourth-order valence-electron chi connectivity index (χ4n) is 1.15. The van der Waals surface area contributed by atoms with Crippen LogP contribution >= 0.6 is 0 Å². The summed E-state index contributed by atoms with van der Waals surface area (Å²) in [5.41, 5.74) is 0. The molecule has 2 N–H and O–H groups in total. The van der Waals surface area contributed by atoms with Crippen LogP contribution in [0.1, 0.15) is 14.7 Å². The van der Waals surface area contributed by atoms with Gasteiger partial charge in [0.15, 0.2) is 6.29 Å². The van der Waals surface area contributed by atoms with Crippen molar-refractivity contribution in [2.75, 3.05) is 6.61 Å². The summed E-state index contributed by atoms with van der Waals surface area (Å²) in [7, 11) is 0. The van der Waals surface area contributed by atoms with E-state index >= 15 is 0 Å². The van der Waals surface area contributed by atoms with Gasteiger partial charge in [-0.05, 0) is 0 Å². The third-order valence-electron chi connectivity index (χ3n) is 1.64. The molecule has 1 heterocycles. The molecule has 0 bridgehead atoms. The lowest BCUT2D eigenvalue weighted by Gasteiger charge is -2.14. The van der Waals surface area contributed by atoms with Crippen molar-refractivity contribution in [3.63, 3.8) is 0 Å². The number of ether oxygens (including phenoxy) is 2. The Bertz CT molecular complexity index is 186. The summed E-state index contributed by atoms with van der Waals surface area (Å²) < 4.78 is 16.3. The number of hydrogen-bond donors (Lipinski definition) is 2. The van der Waals surface area contributed by atoms with Crippen LogP contribution < -0.4 is 0 Å². The van der Waals surface area contributed by atoms with Crippen molar-refractivity contribution in [2.45, 2.75) is 31.8 Å². The second-order valence-corrected chi connectivity index (χ2v) is 2.58. The quantitative estimate of drug-likeness (QED) is 0.530. The van der Waals surface area contributed by atoms with Crippen molar-refractivity contribution in [2.24, 2.45) is 0 Å². The van der Waals surface area contributed by atoms with Gasteiger partial charge in [0, 0.05) is 14.7 Å². The van der Waals surface area contributed by atoms with Crippen LogP contribution in [0.15, 0.2) is 0 Å². The Kier molecular flexibility index (Phi) is 2.55. The highest BCUT2D eigenvalue weighted by atomic mass is 16.6. The zero-order chi connectivity index (χ0) is 9.84. The first-order chi connectivity index (χ1) is 6.17. The summed E-state index contributed by atoms with van der Waals surface area (Å²) in [5, 5.41) is 17.8. The average molecular weight is 177 g/mol. The van der Waals surface area contributed by atoms with Crippen LogP contribution in [0.2, 0.25) is 0 Å². The highest BCUT2D eigenvalue weighted by Crippen LogP contribution is 2.21. The van der Waals surface area contributed by atoms with Gasteiger partial charge in [0.1, 0.15) is 12.2 Å². The second-order valence-electron chi connectivity index (χ2n) is 2.58. The number of aliphatic hydroxyl groups is 2. The fourth-order valence-corrected chi connectivity index (χ4v) is 1.15. The number of aliphatic hydroxyl groups excluding tert-OH is 2. The lowest BCUT2D eigenvalue weighted by atomic mass is 10.2. The van der Waals surface area contributed by atoms with Gasteiger partial charge in [0.2, 0.25) is 0 Å². The van der Waals surface area contributed by atoms with Gasteiger partial charge in [-0.2, -0.15) is 0 Å². The van der Waals surface area contributed by atoms with Crippen LogP contribution in [-0.4, -0.2) is 41.3 Å². The number of hydrogen-bond acceptors (Lipinski definition) is 5. The summed E-state index contributed by atoms with van der Waals surface area (Å²) in [6.07, 6.45) is -2.17. The standard InChI is InChI=1S/C7H12O5/c1-4(9)11-5-2-7(10)12-6(5)3-8/h5-8,10H,2-3H2,1H3/t5-,6+,7?/m0/s1/i1D. The van der Waals surface area contributed by atoms with Crippen LogP contribution in [0.3, 0.4) is 0 Å². The van der Waals surface area contributed by atoms with Gasteiger partial charge in [-0.3, -0.25) is 4.79 Å². The number of carbonyl (C=O) groups excluding carboxylic acids is 1. The van der Waals surface area contributed by atoms with E-state index in [1.165, 1.54) is 0 Å². The molecule has 1 rings (SSSR count). The average Bonchev–Trinajstić information content (AvgIpc) is 2.46. The molecular weight excluding hydrogens is 164 g/mol. The van der Waals surface area contributed by atoms with Crippen molar-refractivity contribution in [1.82, 2.24) is 0 Å². The van der Waals surface area contributed by atoms with Crippen LogP contribution in [0.4, 0.5) is 0 Å². The first-order valence-electron chi connectivity index (χ1n) is 4.31. The molecule has 0 aromatic heterocycles. The van der Waals surface area contributed by atoms with E-state index < -0.39 is 31.4 Å². The predicted molar refractivity (Wildman–Crippen MR) is 38.1 cm³/mol. The molecular formula is C7H12O5. The van der Waals surface area contributed by atoms with Gasteiger partial charge in [0.25, 0.3) is 0 Å². The summed E-state index contributed by atoms with van der Waals surface area (Å²) in [5.74, 6) is -0.679. The van der Waals surface area contributed by atoms with E-state index in [1.807, 2.05) is 0 Å². The van der Waals surface area contributed by atoms with Crippen LogP contribution in [0.25, 0.3) is 0 Å². The molecule has 5 heteroatoms. The van der Waals surface area contributed by atoms with Crippen LogP contribution in [0, 0.1) is 0 Å². The first kappa shape index (κ1) is 7.97. The van der Waals surface area contributed by atoms with Gasteiger partial charge in [-0.1, -0.05) is 0 Å². The molecule has 0 aliphatic carbocycles. The van der Waals surface area contributed by atoms with E-state index in [1.54, 1.807) is 0 Å². The fraction of sp³-hybridized carbons (Fsp3) is 0.857. The molecule has 1 unspecified atom stereocenters. The van der Waals surface area contributed by atoms with E-state index in [4.69, 9.17) is 21.1 Å². The Hall–Kier alpha value is -0.650. The normalized spacial score (nSPS) is 36.2. The van der Waals surface area contributed by atoms with Crippen molar-refractivity contribution in [3.8, 4) is 0 Å². The number of rotatable bonds is 2. The lowest BCUT2D eigenvalue weighted by Crippen LogP contribution is -2.29. The lowest BCUT2D eigenvalue weighted by molar-refractivity contribution is -0.151. The molecule has 1 saturated heterocycles. The third kappa shape index (κ3) is 2.17. The van der Waals surface area contributed by atoms with Crippen LogP contribution in [0.5, 0.6) is 0 Å². The van der Waals surface area contributed by atoms with Crippen LogP contribution in [-0.2, 0) is 14.3 Å². The topological polar surface area (TPSA) is 76.0 Å². The van der Waals surface area contributed by atoms with Gasteiger partial charge in [-0.25, -0.2) is 0 Å².